The Morgan fingerprint density at radius 2 is 2.12 bits per heavy atom. The van der Waals surface area contributed by atoms with E-state index >= 15 is 0 Å². The maximum absolute atomic E-state index is 12.7. The van der Waals surface area contributed by atoms with Crippen molar-refractivity contribution in [2.24, 2.45) is 5.92 Å². The van der Waals surface area contributed by atoms with Crippen molar-refractivity contribution >= 4 is 37.2 Å². The monoisotopic (exact) mass is 365 g/mol. The predicted molar refractivity (Wildman–Crippen MR) is 94.2 cm³/mol. The highest BCUT2D eigenvalue weighted by atomic mass is 32.2. The van der Waals surface area contributed by atoms with Gasteiger partial charge in [-0.3, -0.25) is 4.79 Å². The van der Waals surface area contributed by atoms with Gasteiger partial charge in [-0.1, -0.05) is 18.2 Å². The molecular formula is C17H19NO4S2. The first-order valence-electron chi connectivity index (χ1n) is 7.96. The maximum Gasteiger partial charge on any atom is 0.264 e. The van der Waals surface area contributed by atoms with Crippen molar-refractivity contribution in [3.05, 3.63) is 35.2 Å². The second kappa shape index (κ2) is 5.54. The Hall–Kier alpha value is -1.44. The van der Waals surface area contributed by atoms with Crippen molar-refractivity contribution < 1.29 is 17.9 Å². The van der Waals surface area contributed by atoms with E-state index in [0.717, 1.165) is 10.1 Å². The summed E-state index contributed by atoms with van der Waals surface area (Å²) in [6.45, 7) is 1.01. The number of benzene rings is 1. The minimum Gasteiger partial charge on any atom is -0.384 e. The average molecular weight is 365 g/mol. The summed E-state index contributed by atoms with van der Waals surface area (Å²) in [6.07, 6.45) is 0.626. The Labute approximate surface area is 145 Å². The number of methoxy groups -OCH3 is 1. The van der Waals surface area contributed by atoms with Crippen molar-refractivity contribution in [2.75, 3.05) is 32.6 Å². The summed E-state index contributed by atoms with van der Waals surface area (Å²) in [6, 6.07) is 9.76. The maximum atomic E-state index is 12.7. The molecule has 1 amide bonds. The molecule has 0 unspecified atom stereocenters. The van der Waals surface area contributed by atoms with Crippen LogP contribution in [0, 0.1) is 5.92 Å². The minimum absolute atomic E-state index is 0.0149. The number of hydrogen-bond acceptors (Lipinski definition) is 5. The van der Waals surface area contributed by atoms with Crippen LogP contribution in [0.2, 0.25) is 0 Å². The lowest BCUT2D eigenvalue weighted by atomic mass is 9.83. The van der Waals surface area contributed by atoms with Crippen molar-refractivity contribution in [3.8, 4) is 0 Å². The topological polar surface area (TPSA) is 63.7 Å². The first-order chi connectivity index (χ1) is 11.5. The number of likely N-dealkylation sites (tertiary alicyclic amines) is 1. The molecule has 0 N–H and O–H groups in total. The zero-order valence-corrected chi connectivity index (χ0v) is 15.0. The van der Waals surface area contributed by atoms with Crippen molar-refractivity contribution in [3.63, 3.8) is 0 Å². The normalized spacial score (nSPS) is 24.4. The molecule has 0 radical (unpaired) electrons. The largest absolute Gasteiger partial charge is 0.384 e. The van der Waals surface area contributed by atoms with Gasteiger partial charge in [-0.2, -0.15) is 0 Å². The van der Waals surface area contributed by atoms with E-state index in [2.05, 4.69) is 0 Å². The smallest absolute Gasteiger partial charge is 0.264 e. The van der Waals surface area contributed by atoms with Crippen LogP contribution in [0.15, 0.2) is 30.3 Å². The first-order valence-corrected chi connectivity index (χ1v) is 10.4. The highest BCUT2D eigenvalue weighted by molar-refractivity contribution is 7.93. The molecule has 1 aromatic heterocycles. The molecule has 2 aromatic rings. The highest BCUT2D eigenvalue weighted by Crippen LogP contribution is 2.45. The summed E-state index contributed by atoms with van der Waals surface area (Å²) in [5.74, 6) is 0.116. The second-order valence-corrected chi connectivity index (χ2v) is 10.2. The molecule has 0 saturated carbocycles. The summed E-state index contributed by atoms with van der Waals surface area (Å²) < 4.78 is 30.5. The van der Waals surface area contributed by atoms with E-state index in [1.54, 1.807) is 12.0 Å². The van der Waals surface area contributed by atoms with E-state index in [1.807, 2.05) is 30.3 Å². The number of fused-ring (bicyclic) bond motifs is 1. The van der Waals surface area contributed by atoms with Crippen LogP contribution in [0.3, 0.4) is 0 Å². The average Bonchev–Trinajstić information content (AvgIpc) is 3.05. The zero-order valence-electron chi connectivity index (χ0n) is 13.4. The first kappa shape index (κ1) is 16.1. The van der Waals surface area contributed by atoms with E-state index in [1.165, 1.54) is 11.3 Å². The lowest BCUT2D eigenvalue weighted by Gasteiger charge is -2.49. The van der Waals surface area contributed by atoms with Gasteiger partial charge in [0.25, 0.3) is 5.91 Å². The molecule has 1 atom stereocenters. The second-order valence-electron chi connectivity index (χ2n) is 6.63. The third-order valence-electron chi connectivity index (χ3n) is 5.31. The highest BCUT2D eigenvalue weighted by Gasteiger charge is 2.62. The molecule has 4 rings (SSSR count). The molecule has 2 fully saturated rings. The number of thiophene rings is 1. The molecular weight excluding hydrogens is 346 g/mol. The van der Waals surface area contributed by atoms with E-state index in [9.17, 15) is 13.2 Å². The SMILES string of the molecule is COC[C@@H]1CCS(=O)(=O)C12CN(C(=O)c1cc3ccccc3s1)C2. The van der Waals surface area contributed by atoms with E-state index in [4.69, 9.17) is 4.74 Å². The van der Waals surface area contributed by atoms with Gasteiger partial charge in [0.1, 0.15) is 4.75 Å². The minimum atomic E-state index is -3.16. The van der Waals surface area contributed by atoms with Crippen molar-refractivity contribution in [2.45, 2.75) is 11.2 Å². The van der Waals surface area contributed by atoms with Gasteiger partial charge in [-0.25, -0.2) is 8.42 Å². The van der Waals surface area contributed by atoms with Gasteiger partial charge in [-0.15, -0.1) is 11.3 Å². The molecule has 3 heterocycles. The zero-order chi connectivity index (χ0) is 16.9. The fourth-order valence-electron chi connectivity index (χ4n) is 3.90. The molecule has 2 aliphatic rings. The van der Waals surface area contributed by atoms with E-state index < -0.39 is 14.6 Å². The van der Waals surface area contributed by atoms with Gasteiger partial charge in [0, 0.05) is 30.8 Å². The lowest BCUT2D eigenvalue weighted by molar-refractivity contribution is 0.0341. The van der Waals surface area contributed by atoms with Crippen LogP contribution in [0.5, 0.6) is 0 Å². The van der Waals surface area contributed by atoms with Gasteiger partial charge in [0.05, 0.1) is 17.2 Å². The number of rotatable bonds is 3. The fourth-order valence-corrected chi connectivity index (χ4v) is 7.33. The fraction of sp³-hybridized carbons (Fsp3) is 0.471. The Balaban J connectivity index is 1.56. The van der Waals surface area contributed by atoms with Gasteiger partial charge >= 0.3 is 0 Å². The number of ether oxygens (including phenoxy) is 1. The standard InChI is InChI=1S/C17H19NO4S2/c1-22-9-13-6-7-24(20,21)17(13)10-18(11-17)16(19)15-8-12-4-2-3-5-14(12)23-15/h2-5,8,13H,6-7,9-11H2,1H3/t13-/m0/s1. The van der Waals surface area contributed by atoms with Crippen LogP contribution < -0.4 is 0 Å². The van der Waals surface area contributed by atoms with Crippen LogP contribution in [0.1, 0.15) is 16.1 Å². The lowest BCUT2D eigenvalue weighted by Crippen LogP contribution is -2.68. The molecule has 7 heteroatoms. The Morgan fingerprint density at radius 3 is 2.83 bits per heavy atom. The molecule has 0 bridgehead atoms. The van der Waals surface area contributed by atoms with Crippen LogP contribution in [-0.2, 0) is 14.6 Å². The molecule has 2 aliphatic heterocycles. The van der Waals surface area contributed by atoms with Crippen molar-refractivity contribution in [1.29, 1.82) is 0 Å². The van der Waals surface area contributed by atoms with E-state index in [-0.39, 0.29) is 30.7 Å². The Kier molecular flexibility index (Phi) is 3.71. The van der Waals surface area contributed by atoms with Gasteiger partial charge in [0.15, 0.2) is 9.84 Å². The number of nitrogens with zero attached hydrogens (tertiary/aromatic N) is 1. The van der Waals surface area contributed by atoms with Crippen LogP contribution >= 0.6 is 11.3 Å². The molecule has 5 nitrogen and oxygen atoms in total. The molecule has 128 valence electrons. The quantitative estimate of drug-likeness (QED) is 0.836. The van der Waals surface area contributed by atoms with Crippen LogP contribution in [-0.4, -0.2) is 56.5 Å². The number of carbonyl (C=O) groups excluding carboxylic acids is 1. The predicted octanol–water partition coefficient (Wildman–Crippen LogP) is 2.18. The summed E-state index contributed by atoms with van der Waals surface area (Å²) in [5, 5.41) is 1.05. The summed E-state index contributed by atoms with van der Waals surface area (Å²) in [5.41, 5.74) is 0. The Morgan fingerprint density at radius 1 is 1.38 bits per heavy atom. The number of sulfone groups is 1. The molecule has 2 saturated heterocycles. The summed E-state index contributed by atoms with van der Waals surface area (Å²) in [4.78, 5) is 15.1. The molecule has 1 aromatic carbocycles. The van der Waals surface area contributed by atoms with Crippen LogP contribution in [0.4, 0.5) is 0 Å². The number of carbonyl (C=O) groups is 1. The Bertz CT molecular complexity index is 863. The third kappa shape index (κ3) is 2.22. The van der Waals surface area contributed by atoms with Crippen LogP contribution in [0.25, 0.3) is 10.1 Å². The van der Waals surface area contributed by atoms with E-state index in [0.29, 0.717) is 17.9 Å². The van der Waals surface area contributed by atoms with Gasteiger partial charge < -0.3 is 9.64 Å². The van der Waals surface area contributed by atoms with Gasteiger partial charge in [-0.05, 0) is 23.9 Å². The third-order valence-corrected chi connectivity index (χ3v) is 9.01. The molecule has 1 spiro atoms. The molecule has 24 heavy (non-hydrogen) atoms. The summed E-state index contributed by atoms with van der Waals surface area (Å²) in [7, 11) is -1.57. The number of amides is 1. The number of hydrogen-bond donors (Lipinski definition) is 0. The van der Waals surface area contributed by atoms with Crippen molar-refractivity contribution in [1.82, 2.24) is 4.90 Å². The van der Waals surface area contributed by atoms with Gasteiger partial charge in [0.2, 0.25) is 0 Å². The summed E-state index contributed by atoms with van der Waals surface area (Å²) >= 11 is 1.46. The molecule has 0 aliphatic carbocycles.